The predicted octanol–water partition coefficient (Wildman–Crippen LogP) is 1.05. The van der Waals surface area contributed by atoms with Gasteiger partial charge in [0.1, 0.15) is 0 Å². The average Bonchev–Trinajstić information content (AvgIpc) is 2.16. The molecule has 0 amide bonds. The largest absolute Gasteiger partial charge is 0.387 e. The number of benzene rings is 1. The molecule has 4 heteroatoms. The van der Waals surface area contributed by atoms with Gasteiger partial charge in [-0.15, -0.1) is 0 Å². The number of nitrogens with two attached hydrogens (primary N) is 2. The molecule has 1 aromatic carbocycles. The Morgan fingerprint density at radius 2 is 2.21 bits per heavy atom. The van der Waals surface area contributed by atoms with Crippen molar-refractivity contribution >= 4 is 11.6 Å². The lowest BCUT2D eigenvalue weighted by atomic mass is 9.91. The first-order valence-electron chi connectivity index (χ1n) is 4.41. The highest BCUT2D eigenvalue weighted by Gasteiger charge is 2.28. The van der Waals surface area contributed by atoms with Crippen molar-refractivity contribution in [3.63, 3.8) is 0 Å². The molecule has 14 heavy (non-hydrogen) atoms. The van der Waals surface area contributed by atoms with Crippen molar-refractivity contribution in [1.82, 2.24) is 0 Å². The predicted molar refractivity (Wildman–Crippen MR) is 58.1 cm³/mol. The van der Waals surface area contributed by atoms with Gasteiger partial charge in [0, 0.05) is 11.6 Å². The molecule has 0 aromatic heterocycles. The molecule has 2 atom stereocenters. The second kappa shape index (κ2) is 4.28. The summed E-state index contributed by atoms with van der Waals surface area (Å²) in [7, 11) is 0. The van der Waals surface area contributed by atoms with Crippen LogP contribution in [0.4, 0.5) is 0 Å². The monoisotopic (exact) mass is 214 g/mol. The Kier molecular flexibility index (Phi) is 3.50. The third-order valence-corrected chi connectivity index (χ3v) is 2.53. The molecule has 5 N–H and O–H groups in total. The average molecular weight is 215 g/mol. The van der Waals surface area contributed by atoms with E-state index in [2.05, 4.69) is 0 Å². The quantitative estimate of drug-likeness (QED) is 0.704. The lowest BCUT2D eigenvalue weighted by Crippen LogP contribution is -2.44. The molecule has 3 nitrogen and oxygen atoms in total. The van der Waals surface area contributed by atoms with Crippen LogP contribution in [-0.4, -0.2) is 17.3 Å². The lowest BCUT2D eigenvalue weighted by molar-refractivity contribution is 0.0411. The zero-order valence-electron chi connectivity index (χ0n) is 8.07. The van der Waals surface area contributed by atoms with Crippen molar-refractivity contribution < 1.29 is 5.11 Å². The zero-order valence-corrected chi connectivity index (χ0v) is 8.83. The maximum atomic E-state index is 9.84. The van der Waals surface area contributed by atoms with E-state index in [-0.39, 0.29) is 6.54 Å². The molecule has 0 aliphatic carbocycles. The molecule has 1 aromatic rings. The molecule has 0 radical (unpaired) electrons. The summed E-state index contributed by atoms with van der Waals surface area (Å²) in [6.07, 6.45) is 0. The second-order valence-electron chi connectivity index (χ2n) is 3.59. The zero-order chi connectivity index (χ0) is 10.8. The molecule has 0 aliphatic rings. The SMILES string of the molecule is CC(O)(CN)C(N)c1cccc(Cl)c1. The summed E-state index contributed by atoms with van der Waals surface area (Å²) in [5.74, 6) is 0. The summed E-state index contributed by atoms with van der Waals surface area (Å²) < 4.78 is 0. The Morgan fingerprint density at radius 1 is 1.57 bits per heavy atom. The van der Waals surface area contributed by atoms with E-state index in [1.165, 1.54) is 0 Å². The molecule has 1 rings (SSSR count). The van der Waals surface area contributed by atoms with Crippen LogP contribution in [0.2, 0.25) is 5.02 Å². The van der Waals surface area contributed by atoms with Crippen LogP contribution in [0.3, 0.4) is 0 Å². The van der Waals surface area contributed by atoms with Gasteiger partial charge in [0.2, 0.25) is 0 Å². The molecule has 0 saturated carbocycles. The van der Waals surface area contributed by atoms with Crippen LogP contribution in [0, 0.1) is 0 Å². The first-order chi connectivity index (χ1) is 6.47. The van der Waals surface area contributed by atoms with E-state index in [9.17, 15) is 5.11 Å². The van der Waals surface area contributed by atoms with E-state index >= 15 is 0 Å². The Hall–Kier alpha value is -0.610. The Labute approximate surface area is 88.7 Å². The van der Waals surface area contributed by atoms with Crippen LogP contribution in [0.25, 0.3) is 0 Å². The van der Waals surface area contributed by atoms with Gasteiger partial charge in [-0.3, -0.25) is 0 Å². The highest BCUT2D eigenvalue weighted by Crippen LogP contribution is 2.24. The minimum Gasteiger partial charge on any atom is -0.387 e. The smallest absolute Gasteiger partial charge is 0.0932 e. The van der Waals surface area contributed by atoms with Crippen molar-refractivity contribution in [2.45, 2.75) is 18.6 Å². The first kappa shape index (κ1) is 11.5. The molecule has 0 aliphatic heterocycles. The van der Waals surface area contributed by atoms with Gasteiger partial charge in [0.25, 0.3) is 0 Å². The number of aliphatic hydroxyl groups is 1. The number of hydrogen-bond acceptors (Lipinski definition) is 3. The maximum absolute atomic E-state index is 9.84. The van der Waals surface area contributed by atoms with E-state index in [0.717, 1.165) is 5.56 Å². The number of hydrogen-bond donors (Lipinski definition) is 3. The highest BCUT2D eigenvalue weighted by atomic mass is 35.5. The van der Waals surface area contributed by atoms with Gasteiger partial charge in [-0.05, 0) is 24.6 Å². The summed E-state index contributed by atoms with van der Waals surface area (Å²) in [4.78, 5) is 0. The molecule has 0 fully saturated rings. The van der Waals surface area contributed by atoms with Crippen molar-refractivity contribution in [1.29, 1.82) is 0 Å². The summed E-state index contributed by atoms with van der Waals surface area (Å²) in [6.45, 7) is 1.72. The Bertz CT molecular complexity index is 315. The van der Waals surface area contributed by atoms with Gasteiger partial charge in [-0.2, -0.15) is 0 Å². The van der Waals surface area contributed by atoms with Crippen LogP contribution in [-0.2, 0) is 0 Å². The molecule has 78 valence electrons. The normalized spacial score (nSPS) is 17.5. The fourth-order valence-electron chi connectivity index (χ4n) is 1.19. The summed E-state index contributed by atoms with van der Waals surface area (Å²) >= 11 is 5.81. The maximum Gasteiger partial charge on any atom is 0.0932 e. The number of rotatable bonds is 3. The molecule has 2 unspecified atom stereocenters. The molecular formula is C10H15ClN2O. The molecule has 0 bridgehead atoms. The van der Waals surface area contributed by atoms with E-state index in [1.54, 1.807) is 25.1 Å². The molecule has 0 saturated heterocycles. The van der Waals surface area contributed by atoms with Crippen molar-refractivity contribution in [3.05, 3.63) is 34.9 Å². The minimum atomic E-state index is -1.11. The van der Waals surface area contributed by atoms with Crippen LogP contribution in [0.15, 0.2) is 24.3 Å². The van der Waals surface area contributed by atoms with E-state index in [1.807, 2.05) is 6.07 Å². The fourth-order valence-corrected chi connectivity index (χ4v) is 1.38. The van der Waals surface area contributed by atoms with Gasteiger partial charge in [-0.1, -0.05) is 23.7 Å². The van der Waals surface area contributed by atoms with Crippen LogP contribution >= 0.6 is 11.6 Å². The Morgan fingerprint density at radius 3 is 2.71 bits per heavy atom. The summed E-state index contributed by atoms with van der Waals surface area (Å²) in [5.41, 5.74) is 11.0. The minimum absolute atomic E-state index is 0.112. The van der Waals surface area contributed by atoms with Crippen LogP contribution in [0.1, 0.15) is 18.5 Å². The van der Waals surface area contributed by atoms with Crippen LogP contribution < -0.4 is 11.5 Å². The van der Waals surface area contributed by atoms with Crippen molar-refractivity contribution in [2.75, 3.05) is 6.54 Å². The van der Waals surface area contributed by atoms with Crippen molar-refractivity contribution in [3.8, 4) is 0 Å². The lowest BCUT2D eigenvalue weighted by Gasteiger charge is -2.28. The topological polar surface area (TPSA) is 72.3 Å². The van der Waals surface area contributed by atoms with Gasteiger partial charge >= 0.3 is 0 Å². The fraction of sp³-hybridized carbons (Fsp3) is 0.400. The highest BCUT2D eigenvalue weighted by molar-refractivity contribution is 6.30. The van der Waals surface area contributed by atoms with Gasteiger partial charge in [-0.25, -0.2) is 0 Å². The van der Waals surface area contributed by atoms with E-state index in [0.29, 0.717) is 5.02 Å². The van der Waals surface area contributed by atoms with Gasteiger partial charge < -0.3 is 16.6 Å². The second-order valence-corrected chi connectivity index (χ2v) is 4.03. The molecular weight excluding hydrogens is 200 g/mol. The van der Waals surface area contributed by atoms with E-state index < -0.39 is 11.6 Å². The summed E-state index contributed by atoms with van der Waals surface area (Å²) in [6, 6.07) is 6.59. The van der Waals surface area contributed by atoms with Gasteiger partial charge in [0.15, 0.2) is 0 Å². The summed E-state index contributed by atoms with van der Waals surface area (Å²) in [5, 5.41) is 10.4. The number of halogens is 1. The third-order valence-electron chi connectivity index (χ3n) is 2.29. The molecule has 0 spiro atoms. The van der Waals surface area contributed by atoms with Crippen LogP contribution in [0.5, 0.6) is 0 Å². The third kappa shape index (κ3) is 2.45. The van der Waals surface area contributed by atoms with Gasteiger partial charge in [0.05, 0.1) is 11.6 Å². The van der Waals surface area contributed by atoms with E-state index in [4.69, 9.17) is 23.1 Å². The standard InChI is InChI=1S/C10H15ClN2O/c1-10(14,6-12)9(13)7-3-2-4-8(11)5-7/h2-5,9,14H,6,12-13H2,1H3. The van der Waals surface area contributed by atoms with Crippen molar-refractivity contribution in [2.24, 2.45) is 11.5 Å². The molecule has 0 heterocycles. The Balaban J connectivity index is 2.94. The first-order valence-corrected chi connectivity index (χ1v) is 4.78.